The molecule has 0 saturated carbocycles. The van der Waals surface area contributed by atoms with Gasteiger partial charge in [0, 0.05) is 24.1 Å². The topological polar surface area (TPSA) is 51.5 Å². The number of hydrogen-bond acceptors (Lipinski definition) is 4. The average Bonchev–Trinajstić information content (AvgIpc) is 2.81. The van der Waals surface area contributed by atoms with E-state index in [1.54, 1.807) is 29.0 Å². The largest absolute Gasteiger partial charge is 0.573 e. The number of ether oxygens (including phenoxy) is 1. The van der Waals surface area contributed by atoms with Crippen LogP contribution in [0.2, 0.25) is 0 Å². The van der Waals surface area contributed by atoms with Crippen LogP contribution in [-0.2, 0) is 0 Å². The highest BCUT2D eigenvalue weighted by atomic mass is 19.4. The minimum Gasteiger partial charge on any atom is -0.406 e. The molecule has 5 nitrogen and oxygen atoms in total. The summed E-state index contributed by atoms with van der Waals surface area (Å²) in [6.07, 6.45) is -1.31. The third-order valence-corrected chi connectivity index (χ3v) is 2.60. The summed E-state index contributed by atoms with van der Waals surface area (Å²) in [5.74, 6) is 0.267. The van der Waals surface area contributed by atoms with Gasteiger partial charge in [0.2, 0.25) is 0 Å². The molecule has 0 fully saturated rings. The second-order valence-electron chi connectivity index (χ2n) is 4.15. The minimum absolute atomic E-state index is 0.273. The number of anilines is 2. The lowest BCUT2D eigenvalue weighted by Gasteiger charge is -2.09. The Morgan fingerprint density at radius 3 is 2.57 bits per heavy atom. The molecule has 2 aromatic heterocycles. The van der Waals surface area contributed by atoms with Crippen molar-refractivity contribution < 1.29 is 17.9 Å². The van der Waals surface area contributed by atoms with Crippen LogP contribution in [0.25, 0.3) is 5.65 Å². The lowest BCUT2D eigenvalue weighted by molar-refractivity contribution is -0.274. The fraction of sp³-hybridized carbons (Fsp3) is 0.0769. The van der Waals surface area contributed by atoms with E-state index in [0.29, 0.717) is 17.2 Å². The van der Waals surface area contributed by atoms with Gasteiger partial charge in [-0.15, -0.1) is 18.3 Å². The molecule has 0 bridgehead atoms. The summed E-state index contributed by atoms with van der Waals surface area (Å²) in [5, 5.41) is 7.20. The van der Waals surface area contributed by atoms with Crippen LogP contribution in [0.3, 0.4) is 0 Å². The SMILES string of the molecule is FC(F)(F)Oc1ccc(Nc2cc3ncccn3n2)cc1. The van der Waals surface area contributed by atoms with Crippen LogP contribution >= 0.6 is 0 Å². The fourth-order valence-electron chi connectivity index (χ4n) is 1.78. The van der Waals surface area contributed by atoms with Crippen LogP contribution in [0.1, 0.15) is 0 Å². The fourth-order valence-corrected chi connectivity index (χ4v) is 1.78. The number of rotatable bonds is 3. The summed E-state index contributed by atoms with van der Waals surface area (Å²) in [6.45, 7) is 0. The van der Waals surface area contributed by atoms with Gasteiger partial charge in [0.15, 0.2) is 11.5 Å². The first-order chi connectivity index (χ1) is 9.99. The maximum atomic E-state index is 12.0. The van der Waals surface area contributed by atoms with E-state index in [9.17, 15) is 13.2 Å². The number of halogens is 3. The van der Waals surface area contributed by atoms with Gasteiger partial charge < -0.3 is 10.1 Å². The second kappa shape index (κ2) is 4.97. The molecule has 8 heteroatoms. The zero-order chi connectivity index (χ0) is 14.9. The molecule has 0 amide bonds. The smallest absolute Gasteiger partial charge is 0.406 e. The van der Waals surface area contributed by atoms with Crippen molar-refractivity contribution in [3.05, 3.63) is 48.8 Å². The molecule has 2 heterocycles. The molecule has 0 aliphatic heterocycles. The molecule has 0 unspecified atom stereocenters. The van der Waals surface area contributed by atoms with E-state index in [1.807, 2.05) is 0 Å². The summed E-state index contributed by atoms with van der Waals surface area (Å²) in [4.78, 5) is 4.11. The molecule has 1 aromatic carbocycles. The Balaban J connectivity index is 1.75. The van der Waals surface area contributed by atoms with E-state index in [4.69, 9.17) is 0 Å². The summed E-state index contributed by atoms with van der Waals surface area (Å²) >= 11 is 0. The molecule has 0 aliphatic rings. The van der Waals surface area contributed by atoms with Crippen LogP contribution in [0.4, 0.5) is 24.7 Å². The number of aromatic nitrogens is 3. The van der Waals surface area contributed by atoms with E-state index in [2.05, 4.69) is 20.1 Å². The first-order valence-corrected chi connectivity index (χ1v) is 5.93. The molecule has 3 rings (SSSR count). The third kappa shape index (κ3) is 3.22. The van der Waals surface area contributed by atoms with Crippen molar-refractivity contribution >= 4 is 17.2 Å². The molecule has 0 spiro atoms. The molecule has 21 heavy (non-hydrogen) atoms. The maximum Gasteiger partial charge on any atom is 0.573 e. The summed E-state index contributed by atoms with van der Waals surface area (Å²) < 4.78 is 41.5. The van der Waals surface area contributed by atoms with Crippen molar-refractivity contribution in [1.82, 2.24) is 14.6 Å². The van der Waals surface area contributed by atoms with Gasteiger partial charge in [0.25, 0.3) is 0 Å². The van der Waals surface area contributed by atoms with Gasteiger partial charge >= 0.3 is 6.36 Å². The van der Waals surface area contributed by atoms with Gasteiger partial charge in [-0.05, 0) is 30.3 Å². The van der Waals surface area contributed by atoms with Gasteiger partial charge in [0.1, 0.15) is 5.75 Å². The van der Waals surface area contributed by atoms with Crippen molar-refractivity contribution in [2.45, 2.75) is 6.36 Å². The molecule has 3 aromatic rings. The van der Waals surface area contributed by atoms with Crippen LogP contribution < -0.4 is 10.1 Å². The first kappa shape index (κ1) is 13.2. The molecule has 0 aliphatic carbocycles. The molecule has 0 radical (unpaired) electrons. The van der Waals surface area contributed by atoms with E-state index < -0.39 is 6.36 Å². The van der Waals surface area contributed by atoms with E-state index in [0.717, 1.165) is 0 Å². The van der Waals surface area contributed by atoms with Crippen LogP contribution in [0.15, 0.2) is 48.8 Å². The number of benzene rings is 1. The predicted molar refractivity (Wildman–Crippen MR) is 69.4 cm³/mol. The van der Waals surface area contributed by atoms with Crippen molar-refractivity contribution in [2.24, 2.45) is 0 Å². The highest BCUT2D eigenvalue weighted by molar-refractivity contribution is 5.61. The van der Waals surface area contributed by atoms with Gasteiger partial charge in [0.05, 0.1) is 0 Å². The minimum atomic E-state index is -4.69. The average molecular weight is 294 g/mol. The van der Waals surface area contributed by atoms with Gasteiger partial charge in [-0.2, -0.15) is 0 Å². The lowest BCUT2D eigenvalue weighted by Crippen LogP contribution is -2.16. The van der Waals surface area contributed by atoms with Gasteiger partial charge in [-0.3, -0.25) is 0 Å². The summed E-state index contributed by atoms with van der Waals surface area (Å²) in [5.41, 5.74) is 1.25. The van der Waals surface area contributed by atoms with E-state index in [-0.39, 0.29) is 5.75 Å². The maximum absolute atomic E-state index is 12.0. The Bertz CT molecular complexity index is 719. The zero-order valence-corrected chi connectivity index (χ0v) is 10.5. The third-order valence-electron chi connectivity index (χ3n) is 2.60. The molecule has 0 saturated heterocycles. The second-order valence-corrected chi connectivity index (χ2v) is 4.15. The lowest BCUT2D eigenvalue weighted by atomic mass is 10.3. The van der Waals surface area contributed by atoms with E-state index in [1.165, 1.54) is 24.3 Å². The number of nitrogens with zero attached hydrogens (tertiary/aromatic N) is 3. The predicted octanol–water partition coefficient (Wildman–Crippen LogP) is 3.37. The highest BCUT2D eigenvalue weighted by Crippen LogP contribution is 2.25. The Labute approximate surface area is 117 Å². The highest BCUT2D eigenvalue weighted by Gasteiger charge is 2.30. The summed E-state index contributed by atoms with van der Waals surface area (Å²) in [6, 6.07) is 8.86. The monoisotopic (exact) mass is 294 g/mol. The standard InChI is InChI=1S/C13H9F3N4O/c14-13(15,16)21-10-4-2-9(3-5-10)18-11-8-12-17-6-1-7-20(12)19-11/h1-8H,(H,18,19). The van der Waals surface area contributed by atoms with Crippen molar-refractivity contribution in [1.29, 1.82) is 0 Å². The summed E-state index contributed by atoms with van der Waals surface area (Å²) in [7, 11) is 0. The molecule has 108 valence electrons. The van der Waals surface area contributed by atoms with Crippen LogP contribution in [-0.4, -0.2) is 21.0 Å². The zero-order valence-electron chi connectivity index (χ0n) is 10.5. The quantitative estimate of drug-likeness (QED) is 0.804. The number of nitrogens with one attached hydrogen (secondary N) is 1. The Kier molecular flexibility index (Phi) is 3.13. The van der Waals surface area contributed by atoms with Crippen molar-refractivity contribution in [3.63, 3.8) is 0 Å². The normalized spacial score (nSPS) is 11.6. The van der Waals surface area contributed by atoms with E-state index >= 15 is 0 Å². The first-order valence-electron chi connectivity index (χ1n) is 5.93. The van der Waals surface area contributed by atoms with Crippen molar-refractivity contribution in [3.8, 4) is 5.75 Å². The molecule has 0 atom stereocenters. The van der Waals surface area contributed by atoms with Crippen LogP contribution in [0.5, 0.6) is 5.75 Å². The molecular weight excluding hydrogens is 285 g/mol. The van der Waals surface area contributed by atoms with Crippen LogP contribution in [0, 0.1) is 0 Å². The Hall–Kier alpha value is -2.77. The van der Waals surface area contributed by atoms with Gasteiger partial charge in [-0.1, -0.05) is 0 Å². The van der Waals surface area contributed by atoms with Gasteiger partial charge in [-0.25, -0.2) is 9.50 Å². The number of fused-ring (bicyclic) bond motifs is 1. The Morgan fingerprint density at radius 1 is 1.14 bits per heavy atom. The Morgan fingerprint density at radius 2 is 1.90 bits per heavy atom. The van der Waals surface area contributed by atoms with Crippen molar-refractivity contribution in [2.75, 3.05) is 5.32 Å². The number of hydrogen-bond donors (Lipinski definition) is 1. The molecular formula is C13H9F3N4O. The number of alkyl halides is 3. The molecule has 1 N–H and O–H groups in total.